The Balaban J connectivity index is 1.38. The molecule has 1 fully saturated rings. The van der Waals surface area contributed by atoms with Crippen molar-refractivity contribution >= 4 is 50.6 Å². The first-order chi connectivity index (χ1) is 19.3. The van der Waals surface area contributed by atoms with Crippen molar-refractivity contribution in [2.75, 3.05) is 48.2 Å². The average Bonchev–Trinajstić information content (AvgIpc) is 3.22. The highest BCUT2D eigenvalue weighted by Crippen LogP contribution is 2.49. The van der Waals surface area contributed by atoms with E-state index in [-0.39, 0.29) is 17.9 Å². The number of anilines is 3. The maximum absolute atomic E-state index is 14.5. The van der Waals surface area contributed by atoms with Crippen molar-refractivity contribution in [2.24, 2.45) is 10.5 Å². The van der Waals surface area contributed by atoms with Crippen LogP contribution in [-0.4, -0.2) is 57.0 Å². The van der Waals surface area contributed by atoms with E-state index in [4.69, 9.17) is 14.6 Å². The quantitative estimate of drug-likeness (QED) is 0.369. The van der Waals surface area contributed by atoms with Gasteiger partial charge >= 0.3 is 5.97 Å². The fraction of sp³-hybridized carbons (Fsp3) is 0.323. The number of nitrogens with zero attached hydrogens (tertiary/aromatic N) is 4. The van der Waals surface area contributed by atoms with Gasteiger partial charge in [-0.1, -0.05) is 15.9 Å². The van der Waals surface area contributed by atoms with Crippen LogP contribution in [0.1, 0.15) is 29.8 Å². The summed E-state index contributed by atoms with van der Waals surface area (Å²) in [4.78, 5) is 31.5. The molecule has 1 saturated heterocycles. The van der Waals surface area contributed by atoms with Crippen molar-refractivity contribution in [3.63, 3.8) is 0 Å². The van der Waals surface area contributed by atoms with E-state index in [9.17, 15) is 9.59 Å². The molecule has 3 aromatic carbocycles. The summed E-state index contributed by atoms with van der Waals surface area (Å²) >= 11 is 3.64. The number of carbonyl (C=O) groups is 2. The Morgan fingerprint density at radius 2 is 1.77 bits per heavy atom. The van der Waals surface area contributed by atoms with Crippen molar-refractivity contribution in [1.29, 1.82) is 0 Å². The third-order valence-electron chi connectivity index (χ3n) is 8.30. The molecule has 1 spiro atoms. The average molecular weight is 604 g/mol. The number of fused-ring (bicyclic) bond motifs is 4. The van der Waals surface area contributed by atoms with Crippen molar-refractivity contribution in [2.45, 2.75) is 26.3 Å². The van der Waals surface area contributed by atoms with Crippen molar-refractivity contribution in [1.82, 2.24) is 0 Å². The van der Waals surface area contributed by atoms with Gasteiger partial charge in [0.1, 0.15) is 11.2 Å². The molecule has 1 amide bonds. The zero-order chi connectivity index (χ0) is 28.0. The Hall–Kier alpha value is -3.85. The molecule has 8 nitrogen and oxygen atoms in total. The molecule has 0 N–H and O–H groups in total. The zero-order valence-electron chi connectivity index (χ0n) is 22.8. The largest absolute Gasteiger partial charge is 0.497 e. The number of esters is 1. The van der Waals surface area contributed by atoms with E-state index in [1.807, 2.05) is 19.1 Å². The van der Waals surface area contributed by atoms with Gasteiger partial charge in [-0.15, -0.1) is 0 Å². The van der Waals surface area contributed by atoms with E-state index in [1.54, 1.807) is 38.3 Å². The van der Waals surface area contributed by atoms with Gasteiger partial charge in [-0.3, -0.25) is 4.79 Å². The van der Waals surface area contributed by atoms with E-state index in [2.05, 4.69) is 56.1 Å². The Morgan fingerprint density at radius 3 is 2.48 bits per heavy atom. The number of carbonyl (C=O) groups excluding carboxylic acids is 2. The monoisotopic (exact) mass is 602 g/mol. The first kappa shape index (κ1) is 26.4. The molecule has 9 heteroatoms. The van der Waals surface area contributed by atoms with Gasteiger partial charge in [-0.25, -0.2) is 4.79 Å². The Morgan fingerprint density at radius 1 is 1.05 bits per heavy atom. The van der Waals surface area contributed by atoms with Crippen molar-refractivity contribution in [3.8, 4) is 5.75 Å². The van der Waals surface area contributed by atoms with Crippen molar-refractivity contribution < 1.29 is 19.1 Å². The molecule has 3 aliphatic rings. The van der Waals surface area contributed by atoms with Crippen LogP contribution < -0.4 is 19.5 Å². The number of halogens is 1. The predicted molar refractivity (Wildman–Crippen MR) is 160 cm³/mol. The summed E-state index contributed by atoms with van der Waals surface area (Å²) in [5, 5.41) is 6.36. The van der Waals surface area contributed by atoms with Crippen LogP contribution in [0.5, 0.6) is 5.75 Å². The molecule has 3 heterocycles. The van der Waals surface area contributed by atoms with E-state index in [0.29, 0.717) is 30.8 Å². The minimum atomic E-state index is -0.835. The van der Waals surface area contributed by atoms with Gasteiger partial charge in [0, 0.05) is 35.5 Å². The molecule has 3 aliphatic heterocycles. The number of amides is 1. The molecule has 40 heavy (non-hydrogen) atoms. The maximum atomic E-state index is 14.5. The molecule has 0 bridgehead atoms. The number of hydrogen-bond acceptors (Lipinski definition) is 7. The standard InChI is InChI=1S/C31H31BrN4O4/c1-4-40-29(37)21-5-8-25(9-6-21)36-30(38)31(20(2)33-36)18-22-17-23(32)7-14-27(22)35-16-15-34(19-28(31)35)24-10-12-26(39-3)13-11-24/h5-14,17,28H,4,15-16,18-19H2,1-3H3. The van der Waals surface area contributed by atoms with Crippen LogP contribution in [0.15, 0.2) is 76.3 Å². The lowest BCUT2D eigenvalue weighted by Crippen LogP contribution is -2.67. The first-order valence-corrected chi connectivity index (χ1v) is 14.3. The number of piperazine rings is 1. The van der Waals surface area contributed by atoms with E-state index < -0.39 is 5.41 Å². The zero-order valence-corrected chi connectivity index (χ0v) is 24.3. The lowest BCUT2D eigenvalue weighted by Gasteiger charge is -2.53. The minimum absolute atomic E-state index is 0.0499. The van der Waals surface area contributed by atoms with E-state index in [1.165, 1.54) is 10.7 Å². The molecule has 3 aromatic rings. The second kappa shape index (κ2) is 10.3. The summed E-state index contributed by atoms with van der Waals surface area (Å²) in [5.41, 5.74) is 4.44. The highest BCUT2D eigenvalue weighted by Gasteiger charge is 2.60. The fourth-order valence-corrected chi connectivity index (χ4v) is 6.67. The van der Waals surface area contributed by atoms with Gasteiger partial charge in [-0.2, -0.15) is 10.1 Å². The van der Waals surface area contributed by atoms with E-state index in [0.717, 1.165) is 40.3 Å². The highest BCUT2D eigenvalue weighted by atomic mass is 79.9. The molecule has 0 aromatic heterocycles. The Kier molecular flexibility index (Phi) is 6.78. The lowest BCUT2D eigenvalue weighted by molar-refractivity contribution is -0.125. The molecular weight excluding hydrogens is 572 g/mol. The van der Waals surface area contributed by atoms with Gasteiger partial charge in [0.2, 0.25) is 0 Å². The number of ether oxygens (including phenoxy) is 2. The summed E-state index contributed by atoms with van der Waals surface area (Å²) in [6.45, 7) is 6.34. The molecule has 2 unspecified atom stereocenters. The first-order valence-electron chi connectivity index (χ1n) is 13.5. The number of methoxy groups -OCH3 is 1. The number of hydrazone groups is 1. The predicted octanol–water partition coefficient (Wildman–Crippen LogP) is 5.29. The molecule has 0 aliphatic carbocycles. The van der Waals surface area contributed by atoms with Crippen LogP contribution in [0.2, 0.25) is 0 Å². The van der Waals surface area contributed by atoms with Gasteiger partial charge in [0.05, 0.1) is 36.7 Å². The molecule has 2 atom stereocenters. The smallest absolute Gasteiger partial charge is 0.338 e. The molecule has 0 radical (unpaired) electrons. The van der Waals surface area contributed by atoms with Gasteiger partial charge in [-0.05, 0) is 92.6 Å². The molecule has 206 valence electrons. The normalized spacial score (nSPS) is 21.7. The van der Waals surface area contributed by atoms with Crippen LogP contribution in [0.25, 0.3) is 0 Å². The third-order valence-corrected chi connectivity index (χ3v) is 8.79. The van der Waals surface area contributed by atoms with Crippen molar-refractivity contribution in [3.05, 3.63) is 82.3 Å². The second-order valence-corrected chi connectivity index (χ2v) is 11.3. The van der Waals surface area contributed by atoms with Crippen LogP contribution in [0.3, 0.4) is 0 Å². The SMILES string of the molecule is CCOC(=O)c1ccc(N2N=C(C)C3(Cc4cc(Br)ccc4N4CCN(c5ccc(OC)cc5)CC43)C2=O)cc1. The van der Waals surface area contributed by atoms with Crippen LogP contribution in [-0.2, 0) is 16.0 Å². The summed E-state index contributed by atoms with van der Waals surface area (Å²) in [6, 6.07) is 21.2. The number of benzene rings is 3. The minimum Gasteiger partial charge on any atom is -0.497 e. The Bertz CT molecular complexity index is 1490. The summed E-state index contributed by atoms with van der Waals surface area (Å²) < 4.78 is 11.5. The summed E-state index contributed by atoms with van der Waals surface area (Å²) in [6.07, 6.45) is 0.560. The summed E-state index contributed by atoms with van der Waals surface area (Å²) in [7, 11) is 1.67. The van der Waals surface area contributed by atoms with Crippen LogP contribution in [0.4, 0.5) is 17.1 Å². The second-order valence-electron chi connectivity index (χ2n) is 10.3. The lowest BCUT2D eigenvalue weighted by atomic mass is 9.67. The van der Waals surface area contributed by atoms with Crippen LogP contribution >= 0.6 is 15.9 Å². The van der Waals surface area contributed by atoms with Gasteiger partial charge in [0.25, 0.3) is 5.91 Å². The maximum Gasteiger partial charge on any atom is 0.338 e. The third kappa shape index (κ3) is 4.23. The van der Waals surface area contributed by atoms with Gasteiger partial charge < -0.3 is 19.3 Å². The topological polar surface area (TPSA) is 74.7 Å². The Labute approximate surface area is 242 Å². The molecule has 0 saturated carbocycles. The van der Waals surface area contributed by atoms with Gasteiger partial charge in [0.15, 0.2) is 0 Å². The van der Waals surface area contributed by atoms with Crippen LogP contribution in [0, 0.1) is 5.41 Å². The van der Waals surface area contributed by atoms with E-state index >= 15 is 0 Å². The number of hydrogen-bond donors (Lipinski definition) is 0. The molecular formula is C31H31BrN4O4. The molecule has 6 rings (SSSR count). The fourth-order valence-electron chi connectivity index (χ4n) is 6.26. The summed E-state index contributed by atoms with van der Waals surface area (Å²) in [5.74, 6) is 0.379. The highest BCUT2D eigenvalue weighted by molar-refractivity contribution is 9.10. The number of rotatable bonds is 5.